The van der Waals surface area contributed by atoms with Crippen LogP contribution in [0.1, 0.15) is 48.9 Å². The first-order chi connectivity index (χ1) is 13.1. The normalized spacial score (nSPS) is 22.4. The first-order valence-electron chi connectivity index (χ1n) is 10.0. The van der Waals surface area contributed by atoms with Gasteiger partial charge >= 0.3 is 0 Å². The van der Waals surface area contributed by atoms with Crippen molar-refractivity contribution in [2.75, 3.05) is 26.2 Å². The number of likely N-dealkylation sites (tertiary alicyclic amines) is 1. The number of amides is 2. The first kappa shape index (κ1) is 19.5. The minimum absolute atomic E-state index is 0.00818. The highest BCUT2D eigenvalue weighted by Crippen LogP contribution is 2.18. The molecule has 2 unspecified atom stereocenters. The van der Waals surface area contributed by atoms with E-state index < -0.39 is 0 Å². The summed E-state index contributed by atoms with van der Waals surface area (Å²) in [5.41, 5.74) is 0.657. The van der Waals surface area contributed by atoms with Crippen LogP contribution >= 0.6 is 0 Å². The summed E-state index contributed by atoms with van der Waals surface area (Å²) in [5.74, 6) is 0.406. The number of piperidine rings is 1. The predicted octanol–water partition coefficient (Wildman–Crippen LogP) is 1.76. The lowest BCUT2D eigenvalue weighted by atomic mass is 9.97. The second kappa shape index (κ2) is 9.65. The van der Waals surface area contributed by atoms with Crippen LogP contribution in [0.25, 0.3) is 0 Å². The van der Waals surface area contributed by atoms with Gasteiger partial charge < -0.3 is 15.5 Å². The maximum absolute atomic E-state index is 12.5. The SMILES string of the molecule is O=C(CCC(=O)N1CCCC(CNC(=O)C2CCCN2)C1)c1ccccc1. The van der Waals surface area contributed by atoms with Crippen molar-refractivity contribution in [2.24, 2.45) is 5.92 Å². The van der Waals surface area contributed by atoms with Gasteiger partial charge in [-0.25, -0.2) is 0 Å². The van der Waals surface area contributed by atoms with Crippen LogP contribution in [0.5, 0.6) is 0 Å². The third-order valence-corrected chi connectivity index (χ3v) is 5.48. The minimum atomic E-state index is -0.0599. The number of ketones is 1. The van der Waals surface area contributed by atoms with Crippen LogP contribution in [0.2, 0.25) is 0 Å². The summed E-state index contributed by atoms with van der Waals surface area (Å²) in [6, 6.07) is 9.05. The van der Waals surface area contributed by atoms with Crippen LogP contribution in [-0.2, 0) is 9.59 Å². The van der Waals surface area contributed by atoms with Crippen LogP contribution in [0.15, 0.2) is 30.3 Å². The Bertz CT molecular complexity index is 656. The second-order valence-corrected chi connectivity index (χ2v) is 7.53. The summed E-state index contributed by atoms with van der Waals surface area (Å²) in [6.45, 7) is 2.93. The molecular formula is C21H29N3O3. The van der Waals surface area contributed by atoms with Gasteiger partial charge in [-0.2, -0.15) is 0 Å². The van der Waals surface area contributed by atoms with Gasteiger partial charge in [0.05, 0.1) is 6.04 Å². The number of Topliss-reactive ketones (excluding diaryl/α,β-unsaturated/α-hetero) is 1. The van der Waals surface area contributed by atoms with E-state index in [9.17, 15) is 14.4 Å². The zero-order valence-corrected chi connectivity index (χ0v) is 15.8. The fourth-order valence-electron chi connectivity index (χ4n) is 3.88. The van der Waals surface area contributed by atoms with Gasteiger partial charge in [0.15, 0.2) is 5.78 Å². The predicted molar refractivity (Wildman–Crippen MR) is 103 cm³/mol. The van der Waals surface area contributed by atoms with E-state index in [-0.39, 0.29) is 42.4 Å². The van der Waals surface area contributed by atoms with Gasteiger partial charge in [0.25, 0.3) is 0 Å². The molecule has 2 N–H and O–H groups in total. The Balaban J connectivity index is 1.41. The lowest BCUT2D eigenvalue weighted by molar-refractivity contribution is -0.132. The molecule has 0 spiro atoms. The Morgan fingerprint density at radius 1 is 1.07 bits per heavy atom. The van der Waals surface area contributed by atoms with Crippen LogP contribution in [-0.4, -0.2) is 54.7 Å². The summed E-state index contributed by atoms with van der Waals surface area (Å²) in [7, 11) is 0. The number of carbonyl (C=O) groups excluding carboxylic acids is 3. The molecule has 27 heavy (non-hydrogen) atoms. The van der Waals surface area contributed by atoms with Gasteiger partial charge in [-0.1, -0.05) is 30.3 Å². The monoisotopic (exact) mass is 371 g/mol. The minimum Gasteiger partial charge on any atom is -0.354 e. The Morgan fingerprint density at radius 2 is 1.89 bits per heavy atom. The number of carbonyl (C=O) groups is 3. The molecule has 0 bridgehead atoms. The van der Waals surface area contributed by atoms with E-state index in [1.165, 1.54) is 0 Å². The van der Waals surface area contributed by atoms with Gasteiger partial charge in [0.2, 0.25) is 11.8 Å². The Labute approximate surface area is 160 Å². The summed E-state index contributed by atoms with van der Waals surface area (Å²) in [5, 5.41) is 6.24. The zero-order valence-electron chi connectivity index (χ0n) is 15.8. The largest absolute Gasteiger partial charge is 0.354 e. The summed E-state index contributed by atoms with van der Waals surface area (Å²) in [4.78, 5) is 38.7. The summed E-state index contributed by atoms with van der Waals surface area (Å²) < 4.78 is 0. The van der Waals surface area contributed by atoms with E-state index in [4.69, 9.17) is 0 Å². The molecular weight excluding hydrogens is 342 g/mol. The van der Waals surface area contributed by atoms with Crippen molar-refractivity contribution in [1.82, 2.24) is 15.5 Å². The molecule has 6 heteroatoms. The molecule has 0 aromatic heterocycles. The molecule has 0 aliphatic carbocycles. The third kappa shape index (κ3) is 5.63. The molecule has 146 valence electrons. The fourth-order valence-corrected chi connectivity index (χ4v) is 3.88. The van der Waals surface area contributed by atoms with E-state index in [0.29, 0.717) is 18.7 Å². The molecule has 1 aromatic carbocycles. The van der Waals surface area contributed by atoms with E-state index in [0.717, 1.165) is 38.8 Å². The van der Waals surface area contributed by atoms with Gasteiger partial charge in [-0.15, -0.1) is 0 Å². The van der Waals surface area contributed by atoms with Crippen LogP contribution in [0.3, 0.4) is 0 Å². The maximum Gasteiger partial charge on any atom is 0.237 e. The average Bonchev–Trinajstić information content (AvgIpc) is 3.26. The van der Waals surface area contributed by atoms with Gasteiger partial charge in [0.1, 0.15) is 0 Å². The van der Waals surface area contributed by atoms with Crippen LogP contribution in [0, 0.1) is 5.92 Å². The van der Waals surface area contributed by atoms with Crippen molar-refractivity contribution >= 4 is 17.6 Å². The number of nitrogens with zero attached hydrogens (tertiary/aromatic N) is 1. The van der Waals surface area contributed by atoms with E-state index in [1.54, 1.807) is 12.1 Å². The quantitative estimate of drug-likeness (QED) is 0.716. The topological polar surface area (TPSA) is 78.5 Å². The Kier molecular flexibility index (Phi) is 6.98. The molecule has 2 heterocycles. The number of hydrogen-bond donors (Lipinski definition) is 2. The molecule has 2 aliphatic heterocycles. The summed E-state index contributed by atoms with van der Waals surface area (Å²) >= 11 is 0. The summed E-state index contributed by atoms with van der Waals surface area (Å²) in [6.07, 6.45) is 4.40. The molecule has 0 radical (unpaired) electrons. The van der Waals surface area contributed by atoms with Crippen molar-refractivity contribution in [1.29, 1.82) is 0 Å². The average molecular weight is 371 g/mol. The number of benzene rings is 1. The smallest absolute Gasteiger partial charge is 0.237 e. The molecule has 2 aliphatic rings. The fraction of sp³-hybridized carbons (Fsp3) is 0.571. The zero-order chi connectivity index (χ0) is 19.1. The highest BCUT2D eigenvalue weighted by Gasteiger charge is 2.26. The standard InChI is InChI=1S/C21H29N3O3/c25-19(17-7-2-1-3-8-17)10-11-20(26)24-13-5-6-16(15-24)14-23-21(27)18-9-4-12-22-18/h1-3,7-8,16,18,22H,4-6,9-15H2,(H,23,27). The molecule has 0 saturated carbocycles. The number of rotatable bonds is 7. The molecule has 6 nitrogen and oxygen atoms in total. The van der Waals surface area contributed by atoms with Crippen LogP contribution < -0.4 is 10.6 Å². The highest BCUT2D eigenvalue weighted by molar-refractivity contribution is 5.97. The molecule has 2 saturated heterocycles. The lowest BCUT2D eigenvalue weighted by Crippen LogP contribution is -2.46. The van der Waals surface area contributed by atoms with Crippen LogP contribution in [0.4, 0.5) is 0 Å². The lowest BCUT2D eigenvalue weighted by Gasteiger charge is -2.33. The Morgan fingerprint density at radius 3 is 2.63 bits per heavy atom. The van der Waals surface area contributed by atoms with Crippen molar-refractivity contribution in [3.05, 3.63) is 35.9 Å². The van der Waals surface area contributed by atoms with Gasteiger partial charge in [-0.05, 0) is 38.1 Å². The first-order valence-corrected chi connectivity index (χ1v) is 10.0. The van der Waals surface area contributed by atoms with Gasteiger partial charge in [0, 0.05) is 38.0 Å². The van der Waals surface area contributed by atoms with Crippen molar-refractivity contribution in [3.63, 3.8) is 0 Å². The van der Waals surface area contributed by atoms with E-state index in [2.05, 4.69) is 10.6 Å². The number of hydrogen-bond acceptors (Lipinski definition) is 4. The molecule has 2 atom stereocenters. The van der Waals surface area contributed by atoms with Gasteiger partial charge in [-0.3, -0.25) is 14.4 Å². The van der Waals surface area contributed by atoms with E-state index >= 15 is 0 Å². The Hall–Kier alpha value is -2.21. The second-order valence-electron chi connectivity index (χ2n) is 7.53. The van der Waals surface area contributed by atoms with Crippen molar-refractivity contribution < 1.29 is 14.4 Å². The van der Waals surface area contributed by atoms with E-state index in [1.807, 2.05) is 23.1 Å². The highest BCUT2D eigenvalue weighted by atomic mass is 16.2. The molecule has 1 aromatic rings. The number of nitrogens with one attached hydrogen (secondary N) is 2. The van der Waals surface area contributed by atoms with Crippen molar-refractivity contribution in [2.45, 2.75) is 44.6 Å². The molecule has 3 rings (SSSR count). The molecule has 2 amide bonds. The maximum atomic E-state index is 12.5. The third-order valence-electron chi connectivity index (χ3n) is 5.48. The molecule has 2 fully saturated rings. The van der Waals surface area contributed by atoms with Crippen molar-refractivity contribution in [3.8, 4) is 0 Å².